The molecule has 0 aliphatic rings. The highest BCUT2D eigenvalue weighted by molar-refractivity contribution is 5.60. The quantitative estimate of drug-likeness (QED) is 0.532. The maximum absolute atomic E-state index is 10.6. The minimum Gasteiger partial charge on any atom is -0.455 e. The lowest BCUT2D eigenvalue weighted by Crippen LogP contribution is -1.91. The van der Waals surface area contributed by atoms with Gasteiger partial charge in [-0.3, -0.25) is 10.1 Å². The van der Waals surface area contributed by atoms with Gasteiger partial charge in [-0.1, -0.05) is 0 Å². The predicted octanol–water partition coefficient (Wildman–Crippen LogP) is 3.03. The van der Waals surface area contributed by atoms with E-state index in [9.17, 15) is 10.1 Å². The lowest BCUT2D eigenvalue weighted by atomic mass is 10.3. The Balaban J connectivity index is 1.92. The molecule has 0 N–H and O–H groups in total. The van der Waals surface area contributed by atoms with Crippen molar-refractivity contribution in [3.63, 3.8) is 0 Å². The minimum atomic E-state index is -0.443. The van der Waals surface area contributed by atoms with E-state index in [2.05, 4.69) is 5.10 Å². The van der Waals surface area contributed by atoms with Crippen LogP contribution in [-0.4, -0.2) is 14.5 Å². The number of hydrogen-bond acceptors (Lipinski definition) is 4. The number of nitrogens with zero attached hydrogens (tertiary/aromatic N) is 3. The molecular formula is C13H9N3O3. The summed E-state index contributed by atoms with van der Waals surface area (Å²) in [6.45, 7) is 0. The second kappa shape index (κ2) is 4.41. The molecule has 0 aliphatic heterocycles. The third-order valence-electron chi connectivity index (χ3n) is 2.67. The van der Waals surface area contributed by atoms with Crippen LogP contribution in [0.5, 0.6) is 11.5 Å². The largest absolute Gasteiger partial charge is 0.455 e. The number of rotatable bonds is 3. The average molecular weight is 255 g/mol. The average Bonchev–Trinajstić information content (AvgIpc) is 2.89. The molecule has 0 bridgehead atoms. The van der Waals surface area contributed by atoms with Crippen LogP contribution in [0.2, 0.25) is 0 Å². The first kappa shape index (κ1) is 11.2. The number of benzene rings is 1. The molecule has 94 valence electrons. The van der Waals surface area contributed by atoms with Gasteiger partial charge in [0.15, 0.2) is 5.75 Å². The Bertz CT molecular complexity index is 734. The summed E-state index contributed by atoms with van der Waals surface area (Å²) < 4.78 is 7.40. The number of non-ortho nitro benzene ring substituents is 1. The fraction of sp³-hybridized carbons (Fsp3) is 0. The van der Waals surface area contributed by atoms with Crippen LogP contribution in [-0.2, 0) is 0 Å². The molecule has 0 saturated carbocycles. The molecule has 0 saturated heterocycles. The molecule has 0 fully saturated rings. The van der Waals surface area contributed by atoms with E-state index in [1.807, 2.05) is 24.4 Å². The molecule has 0 spiro atoms. The first-order chi connectivity index (χ1) is 9.24. The molecule has 2 heterocycles. The minimum absolute atomic E-state index is 0.0370. The Hall–Kier alpha value is -2.89. The molecule has 2 aromatic heterocycles. The molecule has 0 unspecified atom stereocenters. The molecule has 0 atom stereocenters. The van der Waals surface area contributed by atoms with Crippen molar-refractivity contribution in [3.8, 4) is 11.5 Å². The molecule has 0 radical (unpaired) electrons. The van der Waals surface area contributed by atoms with Gasteiger partial charge in [-0.05, 0) is 30.3 Å². The van der Waals surface area contributed by atoms with Gasteiger partial charge in [-0.25, -0.2) is 4.52 Å². The Kier molecular flexibility index (Phi) is 2.60. The second-order valence-electron chi connectivity index (χ2n) is 3.89. The van der Waals surface area contributed by atoms with Crippen molar-refractivity contribution < 1.29 is 9.66 Å². The van der Waals surface area contributed by atoms with Gasteiger partial charge >= 0.3 is 0 Å². The summed E-state index contributed by atoms with van der Waals surface area (Å²) in [7, 11) is 0. The zero-order valence-electron chi connectivity index (χ0n) is 9.76. The van der Waals surface area contributed by atoms with Crippen LogP contribution in [0.4, 0.5) is 5.69 Å². The fourth-order valence-electron chi connectivity index (χ4n) is 1.77. The van der Waals surface area contributed by atoms with Crippen LogP contribution in [0.1, 0.15) is 0 Å². The van der Waals surface area contributed by atoms with Crippen LogP contribution in [0, 0.1) is 10.1 Å². The van der Waals surface area contributed by atoms with Crippen molar-refractivity contribution in [2.75, 3.05) is 0 Å². The van der Waals surface area contributed by atoms with Gasteiger partial charge in [0.1, 0.15) is 11.3 Å². The molecule has 3 aromatic rings. The van der Waals surface area contributed by atoms with E-state index < -0.39 is 4.92 Å². The summed E-state index contributed by atoms with van der Waals surface area (Å²) in [4.78, 5) is 10.1. The standard InChI is InChI=1S/C13H9N3O3/c17-16(18)10-3-5-11(6-4-10)19-13-2-1-9-15-12(13)7-8-14-15/h1-9H. The Morgan fingerprint density at radius 2 is 1.95 bits per heavy atom. The highest BCUT2D eigenvalue weighted by Gasteiger charge is 2.07. The van der Waals surface area contributed by atoms with Gasteiger partial charge in [0.25, 0.3) is 5.69 Å². The summed E-state index contributed by atoms with van der Waals surface area (Å²) in [5, 5.41) is 14.7. The van der Waals surface area contributed by atoms with Gasteiger partial charge in [-0.15, -0.1) is 0 Å². The van der Waals surface area contributed by atoms with Crippen molar-refractivity contribution in [2.45, 2.75) is 0 Å². The highest BCUT2D eigenvalue weighted by Crippen LogP contribution is 2.27. The van der Waals surface area contributed by atoms with Gasteiger partial charge in [0.2, 0.25) is 0 Å². The molecule has 6 heteroatoms. The number of ether oxygens (including phenoxy) is 1. The van der Waals surface area contributed by atoms with E-state index in [1.54, 1.807) is 22.8 Å². The van der Waals surface area contributed by atoms with Crippen LogP contribution < -0.4 is 4.74 Å². The number of pyridine rings is 1. The number of nitro benzene ring substituents is 1. The third kappa shape index (κ3) is 2.11. The van der Waals surface area contributed by atoms with Crippen molar-refractivity contribution in [1.29, 1.82) is 0 Å². The van der Waals surface area contributed by atoms with E-state index in [4.69, 9.17) is 4.74 Å². The fourth-order valence-corrected chi connectivity index (χ4v) is 1.77. The number of aromatic nitrogens is 2. The van der Waals surface area contributed by atoms with E-state index in [0.717, 1.165) is 5.52 Å². The Labute approximate surface area is 108 Å². The van der Waals surface area contributed by atoms with Gasteiger partial charge in [-0.2, -0.15) is 5.10 Å². The molecule has 19 heavy (non-hydrogen) atoms. The number of nitro groups is 1. The Morgan fingerprint density at radius 1 is 1.16 bits per heavy atom. The van der Waals surface area contributed by atoms with Crippen molar-refractivity contribution >= 4 is 11.2 Å². The van der Waals surface area contributed by atoms with Crippen LogP contribution in [0.15, 0.2) is 54.9 Å². The summed E-state index contributed by atoms with van der Waals surface area (Å²) in [6.07, 6.45) is 3.50. The third-order valence-corrected chi connectivity index (χ3v) is 2.67. The highest BCUT2D eigenvalue weighted by atomic mass is 16.6. The van der Waals surface area contributed by atoms with Gasteiger partial charge < -0.3 is 4.74 Å². The number of hydrogen-bond donors (Lipinski definition) is 0. The van der Waals surface area contributed by atoms with E-state index in [0.29, 0.717) is 11.5 Å². The molecule has 0 aliphatic carbocycles. The van der Waals surface area contributed by atoms with Crippen molar-refractivity contribution in [3.05, 3.63) is 65.0 Å². The van der Waals surface area contributed by atoms with Crippen LogP contribution in [0.25, 0.3) is 5.52 Å². The summed E-state index contributed by atoms with van der Waals surface area (Å²) in [6, 6.07) is 11.4. The first-order valence-corrected chi connectivity index (χ1v) is 5.59. The van der Waals surface area contributed by atoms with Gasteiger partial charge in [0, 0.05) is 18.3 Å². The predicted molar refractivity (Wildman–Crippen MR) is 68.4 cm³/mol. The summed E-state index contributed by atoms with van der Waals surface area (Å²) in [5.41, 5.74) is 0.871. The van der Waals surface area contributed by atoms with E-state index >= 15 is 0 Å². The normalized spacial score (nSPS) is 10.5. The molecule has 3 rings (SSSR count). The Morgan fingerprint density at radius 3 is 2.68 bits per heavy atom. The molecule has 6 nitrogen and oxygen atoms in total. The number of fused-ring (bicyclic) bond motifs is 1. The SMILES string of the molecule is O=[N+]([O-])c1ccc(Oc2cccn3nccc23)cc1. The van der Waals surface area contributed by atoms with Gasteiger partial charge in [0.05, 0.1) is 11.1 Å². The lowest BCUT2D eigenvalue weighted by Gasteiger charge is -2.06. The zero-order chi connectivity index (χ0) is 13.2. The van der Waals surface area contributed by atoms with E-state index in [1.165, 1.54) is 12.1 Å². The topological polar surface area (TPSA) is 69.7 Å². The monoisotopic (exact) mass is 255 g/mol. The molecular weight excluding hydrogens is 246 g/mol. The van der Waals surface area contributed by atoms with Crippen LogP contribution in [0.3, 0.4) is 0 Å². The van der Waals surface area contributed by atoms with Crippen molar-refractivity contribution in [1.82, 2.24) is 9.61 Å². The lowest BCUT2D eigenvalue weighted by molar-refractivity contribution is -0.384. The molecule has 0 amide bonds. The smallest absolute Gasteiger partial charge is 0.269 e. The first-order valence-electron chi connectivity index (χ1n) is 5.59. The molecule has 1 aromatic carbocycles. The van der Waals surface area contributed by atoms with Crippen molar-refractivity contribution in [2.24, 2.45) is 0 Å². The maximum atomic E-state index is 10.6. The van der Waals surface area contributed by atoms with Crippen LogP contribution >= 0.6 is 0 Å². The zero-order valence-corrected chi connectivity index (χ0v) is 9.76. The summed E-state index contributed by atoms with van der Waals surface area (Å²) >= 11 is 0. The second-order valence-corrected chi connectivity index (χ2v) is 3.89. The maximum Gasteiger partial charge on any atom is 0.269 e. The summed E-state index contributed by atoms with van der Waals surface area (Å²) in [5.74, 6) is 1.19. The van der Waals surface area contributed by atoms with E-state index in [-0.39, 0.29) is 5.69 Å².